The molecule has 1 rings (SSSR count). The van der Waals surface area contributed by atoms with Crippen LogP contribution in [0.2, 0.25) is 0 Å². The van der Waals surface area contributed by atoms with Crippen LogP contribution in [0.15, 0.2) is 29.3 Å². The third-order valence-corrected chi connectivity index (χ3v) is 4.25. The zero-order chi connectivity index (χ0) is 19.5. The zero-order valence-corrected chi connectivity index (χ0v) is 15.8. The summed E-state index contributed by atoms with van der Waals surface area (Å²) >= 11 is 1.35. The van der Waals surface area contributed by atoms with Crippen molar-refractivity contribution in [1.82, 2.24) is 5.32 Å². The quantitative estimate of drug-likeness (QED) is 0.264. The lowest BCUT2D eigenvalue weighted by atomic mass is 10.0. The van der Waals surface area contributed by atoms with Crippen molar-refractivity contribution in [3.05, 3.63) is 29.8 Å². The Hall–Kier alpha value is -2.26. The molecule has 1 aromatic rings. The second-order valence-corrected chi connectivity index (χ2v) is 6.45. The average Bonchev–Trinajstić information content (AvgIpc) is 2.64. The molecule has 2 atom stereocenters. The molecule has 0 spiro atoms. The molecule has 0 saturated carbocycles. The van der Waals surface area contributed by atoms with E-state index in [1.807, 2.05) is 6.26 Å². The van der Waals surface area contributed by atoms with Gasteiger partial charge in [-0.05, 0) is 36.8 Å². The molecule has 26 heavy (non-hydrogen) atoms. The summed E-state index contributed by atoms with van der Waals surface area (Å²) in [7, 11) is 1.55. The Bertz CT molecular complexity index is 622. The van der Waals surface area contributed by atoms with Gasteiger partial charge in [-0.15, -0.1) is 0 Å². The molecule has 0 heterocycles. The summed E-state index contributed by atoms with van der Waals surface area (Å²) in [6.07, 6.45) is 2.97. The molecule has 9 heteroatoms. The number of carboxylic acid groups (broad SMARTS) is 1. The van der Waals surface area contributed by atoms with E-state index in [0.29, 0.717) is 30.3 Å². The first-order chi connectivity index (χ1) is 12.4. The summed E-state index contributed by atoms with van der Waals surface area (Å²) < 4.78 is 5.07. The Kier molecular flexibility index (Phi) is 9.53. The second kappa shape index (κ2) is 11.4. The number of thioether (sulfide) groups is 1. The van der Waals surface area contributed by atoms with Crippen molar-refractivity contribution in [2.75, 3.05) is 19.9 Å². The van der Waals surface area contributed by atoms with Crippen LogP contribution in [0.1, 0.15) is 18.4 Å². The van der Waals surface area contributed by atoms with Crippen LogP contribution in [0.25, 0.3) is 0 Å². The van der Waals surface area contributed by atoms with Crippen LogP contribution >= 0.6 is 11.8 Å². The molecule has 0 aliphatic heterocycles. The number of nitrogens with one attached hydrogen (secondary N) is 1. The Morgan fingerprint density at radius 1 is 1.35 bits per heavy atom. The molecule has 0 unspecified atom stereocenters. The van der Waals surface area contributed by atoms with Gasteiger partial charge in [0.15, 0.2) is 5.17 Å². The number of methoxy groups -OCH3 is 1. The van der Waals surface area contributed by atoms with E-state index in [0.717, 1.165) is 5.56 Å². The highest BCUT2D eigenvalue weighted by atomic mass is 32.2. The number of aliphatic imine (C=N–C) groups is 1. The van der Waals surface area contributed by atoms with Gasteiger partial charge in [0.1, 0.15) is 11.8 Å². The lowest BCUT2D eigenvalue weighted by Gasteiger charge is -2.18. The predicted molar refractivity (Wildman–Crippen MR) is 103 cm³/mol. The number of carbonyl (C=O) groups excluding carboxylic acids is 1. The summed E-state index contributed by atoms with van der Waals surface area (Å²) in [5.74, 6) is -0.928. The van der Waals surface area contributed by atoms with E-state index in [4.69, 9.17) is 16.2 Å². The number of benzene rings is 1. The summed E-state index contributed by atoms with van der Waals surface area (Å²) in [5.41, 5.74) is 12.2. The van der Waals surface area contributed by atoms with Crippen LogP contribution in [0.5, 0.6) is 5.75 Å². The summed E-state index contributed by atoms with van der Waals surface area (Å²) in [6.45, 7) is 0.474. The van der Waals surface area contributed by atoms with Crippen molar-refractivity contribution in [3.63, 3.8) is 0 Å². The number of carboxylic acids is 1. The predicted octanol–water partition coefficient (Wildman–Crippen LogP) is 0.592. The number of nitrogens with two attached hydrogens (primary N) is 2. The number of amides is 1. The Morgan fingerprint density at radius 2 is 2.00 bits per heavy atom. The van der Waals surface area contributed by atoms with Gasteiger partial charge in [-0.25, -0.2) is 4.79 Å². The van der Waals surface area contributed by atoms with Crippen molar-refractivity contribution < 1.29 is 19.4 Å². The molecule has 0 aliphatic rings. The van der Waals surface area contributed by atoms with E-state index in [2.05, 4.69) is 10.3 Å². The SMILES string of the molecule is COc1ccc(C[C@H](NC(=O)[C@@H](N)CCCN=C(N)SC)C(=O)O)cc1. The van der Waals surface area contributed by atoms with Crippen molar-refractivity contribution >= 4 is 28.8 Å². The van der Waals surface area contributed by atoms with Crippen molar-refractivity contribution in [2.45, 2.75) is 31.3 Å². The minimum atomic E-state index is -1.11. The number of carbonyl (C=O) groups is 2. The highest BCUT2D eigenvalue weighted by Gasteiger charge is 2.23. The average molecular weight is 382 g/mol. The smallest absolute Gasteiger partial charge is 0.326 e. The van der Waals surface area contributed by atoms with Gasteiger partial charge in [-0.2, -0.15) is 0 Å². The zero-order valence-electron chi connectivity index (χ0n) is 15.0. The molecule has 1 aromatic carbocycles. The molecule has 0 aromatic heterocycles. The number of rotatable bonds is 10. The Morgan fingerprint density at radius 3 is 2.54 bits per heavy atom. The van der Waals surface area contributed by atoms with Crippen LogP contribution in [0.3, 0.4) is 0 Å². The van der Waals surface area contributed by atoms with E-state index in [1.165, 1.54) is 11.8 Å². The molecule has 0 fully saturated rings. The fraction of sp³-hybridized carbons (Fsp3) is 0.471. The lowest BCUT2D eigenvalue weighted by Crippen LogP contribution is -2.49. The van der Waals surface area contributed by atoms with Crippen LogP contribution in [0.4, 0.5) is 0 Å². The van der Waals surface area contributed by atoms with Crippen LogP contribution in [0, 0.1) is 0 Å². The first-order valence-corrected chi connectivity index (χ1v) is 9.35. The number of hydrogen-bond donors (Lipinski definition) is 4. The van der Waals surface area contributed by atoms with Crippen LogP contribution in [-0.4, -0.2) is 54.1 Å². The van der Waals surface area contributed by atoms with Gasteiger partial charge < -0.3 is 26.6 Å². The molecular formula is C17H26N4O4S. The molecular weight excluding hydrogens is 356 g/mol. The molecule has 144 valence electrons. The van der Waals surface area contributed by atoms with Crippen LogP contribution < -0.4 is 21.5 Å². The maximum atomic E-state index is 12.1. The maximum absolute atomic E-state index is 12.1. The van der Waals surface area contributed by atoms with E-state index in [-0.39, 0.29) is 6.42 Å². The maximum Gasteiger partial charge on any atom is 0.326 e. The van der Waals surface area contributed by atoms with Gasteiger partial charge in [-0.1, -0.05) is 23.9 Å². The third kappa shape index (κ3) is 7.75. The van der Waals surface area contributed by atoms with E-state index in [1.54, 1.807) is 31.4 Å². The minimum absolute atomic E-state index is 0.159. The van der Waals surface area contributed by atoms with Gasteiger partial charge in [0.25, 0.3) is 0 Å². The molecule has 1 amide bonds. The normalized spacial score (nSPS) is 13.7. The van der Waals surface area contributed by atoms with E-state index < -0.39 is 24.0 Å². The fourth-order valence-corrected chi connectivity index (χ4v) is 2.39. The Balaban J connectivity index is 2.54. The third-order valence-electron chi connectivity index (χ3n) is 3.70. The first-order valence-electron chi connectivity index (χ1n) is 8.13. The topological polar surface area (TPSA) is 140 Å². The molecule has 0 radical (unpaired) electrons. The highest BCUT2D eigenvalue weighted by molar-refractivity contribution is 8.13. The largest absolute Gasteiger partial charge is 0.497 e. The van der Waals surface area contributed by atoms with Gasteiger partial charge in [0.05, 0.1) is 13.2 Å². The molecule has 0 bridgehead atoms. The molecule has 6 N–H and O–H groups in total. The first kappa shape index (κ1) is 21.8. The van der Waals surface area contributed by atoms with Gasteiger partial charge in [0.2, 0.25) is 5.91 Å². The lowest BCUT2D eigenvalue weighted by molar-refractivity contribution is -0.142. The van der Waals surface area contributed by atoms with Crippen molar-refractivity contribution in [1.29, 1.82) is 0 Å². The van der Waals surface area contributed by atoms with Crippen molar-refractivity contribution in [2.24, 2.45) is 16.5 Å². The number of hydrogen-bond acceptors (Lipinski definition) is 6. The number of aliphatic carboxylic acids is 1. The number of amidine groups is 1. The minimum Gasteiger partial charge on any atom is -0.497 e. The standard InChI is InChI=1S/C17H26N4O4S/c1-25-12-7-5-11(6-8-12)10-14(16(23)24)21-15(22)13(18)4-3-9-20-17(19)26-2/h5-8,13-14H,3-4,9-10,18H2,1-2H3,(H2,19,20)(H,21,22)(H,23,24)/t13-,14-/m0/s1. The van der Waals surface area contributed by atoms with E-state index >= 15 is 0 Å². The summed E-state index contributed by atoms with van der Waals surface area (Å²) in [4.78, 5) is 27.7. The fourth-order valence-electron chi connectivity index (χ4n) is 2.17. The Labute approximate surface area is 157 Å². The molecule has 0 aliphatic carbocycles. The molecule has 0 saturated heterocycles. The molecule has 8 nitrogen and oxygen atoms in total. The number of ether oxygens (including phenoxy) is 1. The van der Waals surface area contributed by atoms with Gasteiger partial charge in [0, 0.05) is 13.0 Å². The summed E-state index contributed by atoms with van der Waals surface area (Å²) in [5, 5.41) is 12.3. The van der Waals surface area contributed by atoms with Crippen LogP contribution in [-0.2, 0) is 16.0 Å². The van der Waals surface area contributed by atoms with Gasteiger partial charge >= 0.3 is 5.97 Å². The van der Waals surface area contributed by atoms with Gasteiger partial charge in [-0.3, -0.25) is 9.79 Å². The monoisotopic (exact) mass is 382 g/mol. The summed E-state index contributed by atoms with van der Waals surface area (Å²) in [6, 6.07) is 5.15. The van der Waals surface area contributed by atoms with E-state index in [9.17, 15) is 14.7 Å². The second-order valence-electron chi connectivity index (χ2n) is 5.62. The highest BCUT2D eigenvalue weighted by Crippen LogP contribution is 2.13. The number of nitrogens with zero attached hydrogens (tertiary/aromatic N) is 1. The van der Waals surface area contributed by atoms with Crippen molar-refractivity contribution in [3.8, 4) is 5.75 Å².